The van der Waals surface area contributed by atoms with Gasteiger partial charge in [-0.3, -0.25) is 4.79 Å². The Bertz CT molecular complexity index is 932. The zero-order valence-electron chi connectivity index (χ0n) is 15.8. The highest BCUT2D eigenvalue weighted by Crippen LogP contribution is 2.23. The molecule has 0 unspecified atom stereocenters. The number of aryl methyl sites for hydroxylation is 3. The van der Waals surface area contributed by atoms with Crippen LogP contribution in [-0.2, 0) is 11.2 Å². The predicted molar refractivity (Wildman–Crippen MR) is 108 cm³/mol. The van der Waals surface area contributed by atoms with Gasteiger partial charge in [0.2, 0.25) is 5.91 Å². The normalized spacial score (nSPS) is 12.0. The van der Waals surface area contributed by atoms with Crippen molar-refractivity contribution in [2.24, 2.45) is 0 Å². The lowest BCUT2D eigenvalue weighted by molar-refractivity contribution is -0.121. The maximum absolute atomic E-state index is 12.2. The molecule has 0 radical (unpaired) electrons. The number of benzene rings is 2. The van der Waals surface area contributed by atoms with Gasteiger partial charge in [-0.1, -0.05) is 35.9 Å². The van der Waals surface area contributed by atoms with Crippen LogP contribution in [0, 0.1) is 13.8 Å². The third-order valence-corrected chi connectivity index (χ3v) is 4.91. The van der Waals surface area contributed by atoms with Gasteiger partial charge in [-0.25, -0.2) is 4.98 Å². The minimum Gasteiger partial charge on any atom is -0.441 e. The Morgan fingerprint density at radius 2 is 1.89 bits per heavy atom. The van der Waals surface area contributed by atoms with Gasteiger partial charge in [-0.05, 0) is 55.7 Å². The van der Waals surface area contributed by atoms with E-state index >= 15 is 0 Å². The van der Waals surface area contributed by atoms with E-state index in [-0.39, 0.29) is 11.9 Å². The highest BCUT2D eigenvalue weighted by Gasteiger charge is 2.12. The fourth-order valence-electron chi connectivity index (χ4n) is 2.82. The molecule has 5 heteroatoms. The first-order valence-electron chi connectivity index (χ1n) is 8.99. The van der Waals surface area contributed by atoms with Crippen LogP contribution in [0.2, 0.25) is 5.02 Å². The van der Waals surface area contributed by atoms with Gasteiger partial charge in [0.15, 0.2) is 11.7 Å². The van der Waals surface area contributed by atoms with Crippen molar-refractivity contribution in [2.45, 2.75) is 39.7 Å². The minimum absolute atomic E-state index is 0.0385. The van der Waals surface area contributed by atoms with Crippen molar-refractivity contribution < 1.29 is 9.21 Å². The Morgan fingerprint density at radius 1 is 1.15 bits per heavy atom. The van der Waals surface area contributed by atoms with Gasteiger partial charge < -0.3 is 9.73 Å². The molecule has 2 aromatic carbocycles. The number of aromatic nitrogens is 1. The van der Waals surface area contributed by atoms with Crippen LogP contribution in [0.5, 0.6) is 0 Å². The molecule has 1 amide bonds. The third-order valence-electron chi connectivity index (χ3n) is 4.66. The molecule has 3 aromatic rings. The second kappa shape index (κ2) is 8.40. The predicted octanol–water partition coefficient (Wildman–Crippen LogP) is 5.42. The zero-order chi connectivity index (χ0) is 19.4. The fourth-order valence-corrected chi connectivity index (χ4v) is 2.95. The summed E-state index contributed by atoms with van der Waals surface area (Å²) >= 11 is 5.90. The molecule has 140 valence electrons. The van der Waals surface area contributed by atoms with Gasteiger partial charge in [0, 0.05) is 23.4 Å². The number of hydrogen-bond acceptors (Lipinski definition) is 3. The van der Waals surface area contributed by atoms with E-state index in [0.717, 1.165) is 16.9 Å². The van der Waals surface area contributed by atoms with Crippen molar-refractivity contribution in [1.82, 2.24) is 10.3 Å². The molecule has 27 heavy (non-hydrogen) atoms. The molecule has 3 rings (SSSR count). The fraction of sp³-hybridized carbons (Fsp3) is 0.273. The third kappa shape index (κ3) is 4.98. The molecule has 0 saturated heterocycles. The number of nitrogens with one attached hydrogen (secondary N) is 1. The van der Waals surface area contributed by atoms with E-state index in [2.05, 4.69) is 36.3 Å². The van der Waals surface area contributed by atoms with Crippen LogP contribution < -0.4 is 5.32 Å². The molecule has 0 spiro atoms. The summed E-state index contributed by atoms with van der Waals surface area (Å²) < 4.78 is 5.81. The standard InChI is InChI=1S/C22H23ClN2O2/c1-14-4-5-18(12-15(14)2)20-13-24-22(27-20)11-10-21(26)25-16(3)17-6-8-19(23)9-7-17/h4-9,12-13,16H,10-11H2,1-3H3,(H,25,26)/t16-/m1/s1. The van der Waals surface area contributed by atoms with Gasteiger partial charge >= 0.3 is 0 Å². The van der Waals surface area contributed by atoms with Gasteiger partial charge in [0.25, 0.3) is 0 Å². The average molecular weight is 383 g/mol. The SMILES string of the molecule is Cc1ccc(-c2cnc(CCC(=O)N[C@H](C)c3ccc(Cl)cc3)o2)cc1C. The molecule has 1 heterocycles. The second-order valence-corrected chi connectivity index (χ2v) is 7.19. The van der Waals surface area contributed by atoms with Gasteiger partial charge in [-0.15, -0.1) is 0 Å². The Kier molecular flexibility index (Phi) is 5.97. The number of hydrogen-bond donors (Lipinski definition) is 1. The van der Waals surface area contributed by atoms with Crippen molar-refractivity contribution in [1.29, 1.82) is 0 Å². The first-order chi connectivity index (χ1) is 12.9. The van der Waals surface area contributed by atoms with Crippen LogP contribution in [0.15, 0.2) is 53.1 Å². The molecule has 0 bridgehead atoms. The van der Waals surface area contributed by atoms with E-state index in [0.29, 0.717) is 23.8 Å². The summed E-state index contributed by atoms with van der Waals surface area (Å²) in [5.74, 6) is 1.25. The molecule has 0 aliphatic carbocycles. The van der Waals surface area contributed by atoms with Gasteiger partial charge in [0.05, 0.1) is 12.2 Å². The molecule has 1 N–H and O–H groups in total. The van der Waals surface area contributed by atoms with Crippen LogP contribution in [0.4, 0.5) is 0 Å². The van der Waals surface area contributed by atoms with Gasteiger partial charge in [-0.2, -0.15) is 0 Å². The maximum Gasteiger partial charge on any atom is 0.220 e. The smallest absolute Gasteiger partial charge is 0.220 e. The zero-order valence-corrected chi connectivity index (χ0v) is 16.5. The average Bonchev–Trinajstić information content (AvgIpc) is 3.12. The van der Waals surface area contributed by atoms with E-state index < -0.39 is 0 Å². The number of halogens is 1. The lowest BCUT2D eigenvalue weighted by atomic mass is 10.1. The van der Waals surface area contributed by atoms with Crippen molar-refractivity contribution in [2.75, 3.05) is 0 Å². The summed E-state index contributed by atoms with van der Waals surface area (Å²) in [5.41, 5.74) is 4.46. The van der Waals surface area contributed by atoms with Crippen molar-refractivity contribution >= 4 is 17.5 Å². The van der Waals surface area contributed by atoms with Crippen molar-refractivity contribution in [3.8, 4) is 11.3 Å². The molecule has 0 aliphatic rings. The molecule has 0 fully saturated rings. The molecular weight excluding hydrogens is 360 g/mol. The first-order valence-corrected chi connectivity index (χ1v) is 9.37. The van der Waals surface area contributed by atoms with Gasteiger partial charge in [0.1, 0.15) is 0 Å². The topological polar surface area (TPSA) is 55.1 Å². The van der Waals surface area contributed by atoms with Crippen LogP contribution in [0.25, 0.3) is 11.3 Å². The minimum atomic E-state index is -0.0783. The van der Waals surface area contributed by atoms with E-state index in [1.165, 1.54) is 11.1 Å². The van der Waals surface area contributed by atoms with Crippen LogP contribution in [0.3, 0.4) is 0 Å². The van der Waals surface area contributed by atoms with Crippen molar-refractivity contribution in [3.05, 3.63) is 76.3 Å². The molecular formula is C22H23ClN2O2. The first kappa shape index (κ1) is 19.2. The monoisotopic (exact) mass is 382 g/mol. The van der Waals surface area contributed by atoms with Crippen LogP contribution in [-0.4, -0.2) is 10.9 Å². The Morgan fingerprint density at radius 3 is 2.59 bits per heavy atom. The largest absolute Gasteiger partial charge is 0.441 e. The van der Waals surface area contributed by atoms with Crippen LogP contribution in [0.1, 0.15) is 42.0 Å². The van der Waals surface area contributed by atoms with Crippen LogP contribution >= 0.6 is 11.6 Å². The Balaban J connectivity index is 1.55. The number of amides is 1. The van der Waals surface area contributed by atoms with Crippen molar-refractivity contribution in [3.63, 3.8) is 0 Å². The number of oxazole rings is 1. The highest BCUT2D eigenvalue weighted by molar-refractivity contribution is 6.30. The molecule has 4 nitrogen and oxygen atoms in total. The molecule has 0 aliphatic heterocycles. The summed E-state index contributed by atoms with van der Waals surface area (Å²) in [6.45, 7) is 6.10. The second-order valence-electron chi connectivity index (χ2n) is 6.76. The number of carbonyl (C=O) groups excluding carboxylic acids is 1. The number of carbonyl (C=O) groups is 1. The van der Waals surface area contributed by atoms with E-state index in [1.807, 2.05) is 37.3 Å². The Labute approximate surface area is 164 Å². The van der Waals surface area contributed by atoms with E-state index in [9.17, 15) is 4.79 Å². The van der Waals surface area contributed by atoms with E-state index in [1.54, 1.807) is 6.20 Å². The molecule has 1 atom stereocenters. The lowest BCUT2D eigenvalue weighted by Gasteiger charge is -2.14. The summed E-state index contributed by atoms with van der Waals surface area (Å²) in [5, 5.41) is 3.67. The molecule has 0 saturated carbocycles. The summed E-state index contributed by atoms with van der Waals surface area (Å²) in [6.07, 6.45) is 2.50. The number of rotatable bonds is 6. The Hall–Kier alpha value is -2.59. The molecule has 1 aromatic heterocycles. The van der Waals surface area contributed by atoms with E-state index in [4.69, 9.17) is 16.0 Å². The summed E-state index contributed by atoms with van der Waals surface area (Å²) in [7, 11) is 0. The maximum atomic E-state index is 12.2. The lowest BCUT2D eigenvalue weighted by Crippen LogP contribution is -2.26. The highest BCUT2D eigenvalue weighted by atomic mass is 35.5. The summed E-state index contributed by atoms with van der Waals surface area (Å²) in [4.78, 5) is 16.5. The number of nitrogens with zero attached hydrogens (tertiary/aromatic N) is 1. The summed E-state index contributed by atoms with van der Waals surface area (Å²) in [6, 6.07) is 13.6. The quantitative estimate of drug-likeness (QED) is 0.619.